The first-order valence-electron chi connectivity index (χ1n) is 27.0. The van der Waals surface area contributed by atoms with E-state index in [9.17, 15) is 20.1 Å². The molecule has 0 aliphatic carbocycles. The fraction of sp³-hybridized carbons (Fsp3) is 0. The Kier molecular flexibility index (Phi) is 6.28. The molecule has 15 aromatic rings. The van der Waals surface area contributed by atoms with E-state index in [0.717, 1.165) is 82.1 Å². The molecule has 7 heteroatoms. The summed E-state index contributed by atoms with van der Waals surface area (Å²) in [5.74, 6) is 0. The van der Waals surface area contributed by atoms with E-state index in [1.165, 1.54) is 11.3 Å². The number of nitrogens with zero attached hydrogens (tertiary/aromatic N) is 4. The Bertz CT molecular complexity index is 5250. The summed E-state index contributed by atoms with van der Waals surface area (Å²) in [6, 6.07) is 39.9. The lowest BCUT2D eigenvalue weighted by atomic mass is 9.88. The molecule has 15 rings (SSSR count). The summed E-state index contributed by atoms with van der Waals surface area (Å²) in [4.78, 5) is 4.36. The van der Waals surface area contributed by atoms with Crippen LogP contribution in [0.5, 0.6) is 0 Å². The first-order valence-corrected chi connectivity index (χ1v) is 24.5. The van der Waals surface area contributed by atoms with Gasteiger partial charge in [-0.3, -0.25) is 0 Å². The smallest absolute Gasteiger partial charge is 0.220 e. The third kappa shape index (κ3) is 5.19. The van der Waals surface area contributed by atoms with Gasteiger partial charge in [-0.1, -0.05) is 170 Å². The van der Waals surface area contributed by atoms with Crippen LogP contribution < -0.4 is 0 Å². The van der Waals surface area contributed by atoms with Crippen molar-refractivity contribution in [2.75, 3.05) is 0 Å². The van der Waals surface area contributed by atoms with Gasteiger partial charge in [-0.25, -0.2) is 4.85 Å². The van der Waals surface area contributed by atoms with E-state index in [1.807, 2.05) is 124 Å². The summed E-state index contributed by atoms with van der Waals surface area (Å²) >= 11 is 4.61. The van der Waals surface area contributed by atoms with Gasteiger partial charge in [0.05, 0.1) is 73.4 Å². The summed E-state index contributed by atoms with van der Waals surface area (Å²) < 4.78 is 103. The van der Waals surface area contributed by atoms with Crippen molar-refractivity contribution in [1.82, 2.24) is 9.13 Å². The Morgan fingerprint density at radius 1 is 0.435 bits per heavy atom. The first-order chi connectivity index (χ1) is 38.3. The second-order valence-electron chi connectivity index (χ2n) is 16.9. The zero-order valence-corrected chi connectivity index (χ0v) is 38.2. The van der Waals surface area contributed by atoms with Gasteiger partial charge in [0.1, 0.15) is 6.07 Å². The number of fused-ring (bicyclic) bond motifs is 18. The minimum atomic E-state index is -0.687. The van der Waals surface area contributed by atoms with Gasteiger partial charge in [-0.15, -0.1) is 34.0 Å². The quantitative estimate of drug-likeness (QED) is 0.162. The molecule has 0 aliphatic heterocycles. The number of rotatable bonds is 4. The standard InChI is InChI=1S/C62H32N4S3/c1-64-54-52(35-16-4-2-5-17-35)47(34-63)55(65-48-24-12-8-20-37(48)41-28-31-44-38-21-9-13-25-49(38)67-60(44)56(41)65)53(36-18-6-3-7-19-36)59(54)66-57-42(29-32-45-39-22-10-14-26-50(39)68-61(45)57)43-30-33-46-40-23-11-15-27-51(40)69-62(46)58(43)66/h2-33H/i2D,3D,4D,5D,6D,7D,16D,17D,18D,19D. The highest BCUT2D eigenvalue weighted by molar-refractivity contribution is 7.27. The number of aromatic nitrogens is 2. The van der Waals surface area contributed by atoms with Gasteiger partial charge in [0, 0.05) is 79.1 Å². The largest absolute Gasteiger partial charge is 0.316 e. The molecule has 0 N–H and O–H groups in total. The molecule has 10 aromatic carbocycles. The number of nitriles is 1. The fourth-order valence-corrected chi connectivity index (χ4v) is 14.5. The second kappa shape index (κ2) is 14.5. The summed E-state index contributed by atoms with van der Waals surface area (Å²) in [5, 5.41) is 21.0. The minimum Gasteiger partial charge on any atom is -0.316 e. The van der Waals surface area contributed by atoms with Crippen molar-refractivity contribution in [3.05, 3.63) is 211 Å². The second-order valence-corrected chi connectivity index (χ2v) is 20.0. The molecule has 0 bridgehead atoms. The number of hydrogen-bond donors (Lipinski definition) is 0. The zero-order valence-electron chi connectivity index (χ0n) is 45.7. The Labute approximate surface area is 420 Å². The molecule has 0 saturated carbocycles. The van der Waals surface area contributed by atoms with Gasteiger partial charge in [0.25, 0.3) is 0 Å². The van der Waals surface area contributed by atoms with Crippen molar-refractivity contribution in [2.24, 2.45) is 0 Å². The molecule has 0 unspecified atom stereocenters. The summed E-state index contributed by atoms with van der Waals surface area (Å²) in [7, 11) is 0. The topological polar surface area (TPSA) is 38.0 Å². The van der Waals surface area contributed by atoms with Crippen LogP contribution in [0.2, 0.25) is 0 Å². The third-order valence-corrected chi connectivity index (χ3v) is 17.1. The van der Waals surface area contributed by atoms with Crippen molar-refractivity contribution in [3.8, 4) is 39.7 Å². The number of benzene rings is 10. The molecule has 0 spiro atoms. The van der Waals surface area contributed by atoms with Crippen LogP contribution >= 0.6 is 34.0 Å². The van der Waals surface area contributed by atoms with Crippen LogP contribution in [-0.2, 0) is 0 Å². The van der Waals surface area contributed by atoms with Gasteiger partial charge < -0.3 is 9.13 Å². The van der Waals surface area contributed by atoms with Crippen molar-refractivity contribution in [1.29, 1.82) is 5.26 Å². The average Bonchev–Trinajstić information content (AvgIpc) is 3.11. The number of hydrogen-bond acceptors (Lipinski definition) is 4. The monoisotopic (exact) mass is 938 g/mol. The van der Waals surface area contributed by atoms with Crippen molar-refractivity contribution < 1.29 is 13.7 Å². The van der Waals surface area contributed by atoms with Crippen LogP contribution in [0.1, 0.15) is 19.3 Å². The molecule has 318 valence electrons. The Balaban J connectivity index is 1.33. The van der Waals surface area contributed by atoms with Gasteiger partial charge in [0.2, 0.25) is 5.69 Å². The van der Waals surface area contributed by atoms with E-state index in [1.54, 1.807) is 22.7 Å². The van der Waals surface area contributed by atoms with Gasteiger partial charge in [-0.2, -0.15) is 5.26 Å². The highest BCUT2D eigenvalue weighted by Gasteiger charge is 2.33. The molecule has 0 atom stereocenters. The summed E-state index contributed by atoms with van der Waals surface area (Å²) in [6.07, 6.45) is 0. The lowest BCUT2D eigenvalue weighted by Crippen LogP contribution is -2.09. The predicted octanol–water partition coefficient (Wildman–Crippen LogP) is 18.7. The average molecular weight is 939 g/mol. The van der Waals surface area contributed by atoms with Gasteiger partial charge in [-0.05, 0) is 35.4 Å². The third-order valence-electron chi connectivity index (χ3n) is 13.6. The molecule has 0 aliphatic rings. The van der Waals surface area contributed by atoms with E-state index in [-0.39, 0.29) is 39.3 Å². The maximum Gasteiger partial charge on any atom is 0.220 e. The van der Waals surface area contributed by atoms with E-state index in [4.69, 9.17) is 5.48 Å². The summed E-state index contributed by atoms with van der Waals surface area (Å²) in [5.41, 5.74) is 0.706. The van der Waals surface area contributed by atoms with Crippen LogP contribution in [0.3, 0.4) is 0 Å². The zero-order chi connectivity index (χ0) is 54.2. The molecule has 0 amide bonds. The van der Waals surface area contributed by atoms with Crippen LogP contribution in [0.4, 0.5) is 5.69 Å². The maximum absolute atomic E-state index is 12.3. The van der Waals surface area contributed by atoms with Gasteiger partial charge in [0.15, 0.2) is 0 Å². The Morgan fingerprint density at radius 2 is 0.841 bits per heavy atom. The van der Waals surface area contributed by atoms with E-state index >= 15 is 0 Å². The molecule has 69 heavy (non-hydrogen) atoms. The summed E-state index contributed by atoms with van der Waals surface area (Å²) in [6.45, 7) is 9.57. The Hall–Kier alpha value is -8.56. The fourth-order valence-electron chi connectivity index (χ4n) is 10.8. The van der Waals surface area contributed by atoms with Crippen LogP contribution in [0.15, 0.2) is 194 Å². The SMILES string of the molecule is [2H]c1c([2H])c([2H])c(-c2c(C#N)c(-n3c4ccccc4c4ccc5c6ccccc6sc5c43)c(-c3c([2H])c([2H])c([2H])c([2H])c3[2H])c(-n3c4c(ccc5c6ccccc6sc54)c4ccc5c6ccccc6sc5c43)c2[N+]#[C-])c([2H])c1[2H]. The number of para-hydroxylation sites is 1. The lowest BCUT2D eigenvalue weighted by molar-refractivity contribution is 1.14. The van der Waals surface area contributed by atoms with Gasteiger partial charge >= 0.3 is 0 Å². The maximum atomic E-state index is 12.3. The Morgan fingerprint density at radius 3 is 1.32 bits per heavy atom. The molecule has 0 fully saturated rings. The molecular weight excluding hydrogens is 897 g/mol. The minimum absolute atomic E-state index is 0.00583. The van der Waals surface area contributed by atoms with Crippen LogP contribution in [0.25, 0.3) is 143 Å². The molecule has 5 heterocycles. The van der Waals surface area contributed by atoms with E-state index < -0.39 is 66.0 Å². The lowest BCUT2D eigenvalue weighted by Gasteiger charge is -2.26. The van der Waals surface area contributed by atoms with Crippen molar-refractivity contribution in [2.45, 2.75) is 0 Å². The van der Waals surface area contributed by atoms with Crippen LogP contribution in [0, 0.1) is 17.9 Å². The molecule has 5 aromatic heterocycles. The van der Waals surface area contributed by atoms with Crippen molar-refractivity contribution >= 4 is 144 Å². The molecule has 0 saturated heterocycles. The molecule has 4 nitrogen and oxygen atoms in total. The van der Waals surface area contributed by atoms with Crippen LogP contribution in [-0.4, -0.2) is 9.13 Å². The van der Waals surface area contributed by atoms with E-state index in [0.29, 0.717) is 22.1 Å². The van der Waals surface area contributed by atoms with E-state index in [2.05, 4.69) is 29.1 Å². The number of thiophene rings is 3. The molecular formula is C62H32N4S3. The molecule has 0 radical (unpaired) electrons. The first kappa shape index (κ1) is 29.9. The predicted molar refractivity (Wildman–Crippen MR) is 296 cm³/mol. The van der Waals surface area contributed by atoms with Crippen molar-refractivity contribution in [3.63, 3.8) is 0 Å². The normalized spacial score (nSPS) is 14.1. The highest BCUT2D eigenvalue weighted by Crippen LogP contribution is 2.55. The highest BCUT2D eigenvalue weighted by atomic mass is 32.1.